The first-order chi connectivity index (χ1) is 21.6. The molecule has 2 fully saturated rings. The van der Waals surface area contributed by atoms with Crippen LogP contribution < -0.4 is 16.0 Å². The normalized spacial score (nSPS) is 22.0. The average Bonchev–Trinajstić information content (AvgIpc) is 3.58. The lowest BCUT2D eigenvalue weighted by atomic mass is 9.85. The number of nitrogens with zero attached hydrogens (tertiary/aromatic N) is 2. The first kappa shape index (κ1) is 34.9. The van der Waals surface area contributed by atoms with Crippen LogP contribution in [-0.4, -0.2) is 87.4 Å². The minimum atomic E-state index is -1.15. The molecule has 46 heavy (non-hydrogen) atoms. The van der Waals surface area contributed by atoms with E-state index in [2.05, 4.69) is 21.1 Å². The SMILES string of the molecule is CCC[C@H](NC(=O)[C@@H]1C[C@]2(CC(c3cccc(Cl)c3)=NO2)CN1C(=O)[C@@H](NC(=O)CCC(=O)O)C(C)(C)C)C(=O)C(=O)NC1CC1. The van der Waals surface area contributed by atoms with Crippen LogP contribution in [0.1, 0.15) is 84.6 Å². The molecular weight excluding hydrogens is 618 g/mol. The first-order valence-corrected chi connectivity index (χ1v) is 16.0. The van der Waals surface area contributed by atoms with Crippen LogP contribution in [0.25, 0.3) is 0 Å². The fourth-order valence-electron chi connectivity index (χ4n) is 5.69. The van der Waals surface area contributed by atoms with Crippen molar-refractivity contribution in [2.75, 3.05) is 6.54 Å². The Balaban J connectivity index is 1.60. The third-order valence-corrected chi connectivity index (χ3v) is 8.55. The minimum absolute atomic E-state index is 0.0310. The predicted octanol–water partition coefficient (Wildman–Crippen LogP) is 2.33. The second kappa shape index (κ2) is 14.2. The molecular formula is C32H42ClN5O8. The van der Waals surface area contributed by atoms with Crippen LogP contribution >= 0.6 is 11.6 Å². The van der Waals surface area contributed by atoms with Crippen LogP contribution in [0.2, 0.25) is 5.02 Å². The minimum Gasteiger partial charge on any atom is -0.481 e. The average molecular weight is 660 g/mol. The van der Waals surface area contributed by atoms with E-state index < -0.39 is 70.9 Å². The van der Waals surface area contributed by atoms with Crippen molar-refractivity contribution in [3.8, 4) is 0 Å². The van der Waals surface area contributed by atoms with Crippen molar-refractivity contribution in [2.45, 2.75) is 109 Å². The zero-order valence-electron chi connectivity index (χ0n) is 26.6. The summed E-state index contributed by atoms with van der Waals surface area (Å²) >= 11 is 6.19. The second-order valence-electron chi connectivity index (χ2n) is 13.4. The van der Waals surface area contributed by atoms with Crippen LogP contribution in [0.15, 0.2) is 29.4 Å². The number of rotatable bonds is 13. The van der Waals surface area contributed by atoms with Crippen molar-refractivity contribution >= 4 is 52.7 Å². The van der Waals surface area contributed by atoms with Gasteiger partial charge in [-0.2, -0.15) is 0 Å². The van der Waals surface area contributed by atoms with Gasteiger partial charge < -0.3 is 30.8 Å². The Hall–Kier alpha value is -4.00. The van der Waals surface area contributed by atoms with Crippen LogP contribution in [-0.2, 0) is 33.6 Å². The van der Waals surface area contributed by atoms with Gasteiger partial charge in [0.05, 0.1) is 24.7 Å². The molecule has 1 spiro atoms. The molecule has 14 heteroatoms. The monoisotopic (exact) mass is 659 g/mol. The van der Waals surface area contributed by atoms with Crippen LogP contribution in [0.3, 0.4) is 0 Å². The van der Waals surface area contributed by atoms with E-state index in [0.717, 1.165) is 18.4 Å². The van der Waals surface area contributed by atoms with Crippen molar-refractivity contribution in [3.05, 3.63) is 34.9 Å². The highest BCUT2D eigenvalue weighted by Crippen LogP contribution is 2.40. The Morgan fingerprint density at radius 1 is 1.13 bits per heavy atom. The number of likely N-dealkylation sites (tertiary alicyclic amines) is 1. The molecule has 13 nitrogen and oxygen atoms in total. The van der Waals surface area contributed by atoms with Gasteiger partial charge in [-0.25, -0.2) is 0 Å². The summed E-state index contributed by atoms with van der Waals surface area (Å²) in [4.78, 5) is 84.9. The van der Waals surface area contributed by atoms with Gasteiger partial charge in [-0.1, -0.05) is 63.0 Å². The van der Waals surface area contributed by atoms with Crippen molar-refractivity contribution in [2.24, 2.45) is 10.6 Å². The molecule has 0 radical (unpaired) electrons. The number of Topliss-reactive ketones (excluding diaryl/α,β-unsaturated/α-hetero) is 1. The molecule has 0 aromatic heterocycles. The van der Waals surface area contributed by atoms with E-state index in [9.17, 15) is 28.8 Å². The number of oxime groups is 1. The number of amides is 4. The molecule has 4 rings (SSSR count). The van der Waals surface area contributed by atoms with E-state index in [1.807, 2.05) is 13.0 Å². The number of ketones is 1. The molecule has 1 aromatic carbocycles. The van der Waals surface area contributed by atoms with Gasteiger partial charge in [0.15, 0.2) is 5.60 Å². The first-order valence-electron chi connectivity index (χ1n) is 15.6. The Labute approximate surface area is 272 Å². The van der Waals surface area contributed by atoms with E-state index in [-0.39, 0.29) is 38.3 Å². The van der Waals surface area contributed by atoms with Gasteiger partial charge in [-0.15, -0.1) is 0 Å². The summed E-state index contributed by atoms with van der Waals surface area (Å²) in [5.41, 5.74) is -0.601. The van der Waals surface area contributed by atoms with Crippen molar-refractivity contribution in [1.82, 2.24) is 20.9 Å². The Morgan fingerprint density at radius 2 is 1.85 bits per heavy atom. The van der Waals surface area contributed by atoms with Crippen molar-refractivity contribution < 1.29 is 38.7 Å². The number of carbonyl (C=O) groups is 6. The van der Waals surface area contributed by atoms with Gasteiger partial charge in [-0.3, -0.25) is 28.8 Å². The van der Waals surface area contributed by atoms with Gasteiger partial charge in [0.1, 0.15) is 12.1 Å². The molecule has 250 valence electrons. The van der Waals surface area contributed by atoms with Crippen LogP contribution in [0.5, 0.6) is 0 Å². The maximum atomic E-state index is 14.3. The lowest BCUT2D eigenvalue weighted by Crippen LogP contribution is -2.59. The Morgan fingerprint density at radius 3 is 2.46 bits per heavy atom. The molecule has 4 N–H and O–H groups in total. The molecule has 3 aliphatic rings. The quantitative estimate of drug-likeness (QED) is 0.233. The molecule has 2 aliphatic heterocycles. The van der Waals surface area contributed by atoms with Crippen molar-refractivity contribution in [1.29, 1.82) is 0 Å². The molecule has 1 saturated carbocycles. The van der Waals surface area contributed by atoms with E-state index in [1.54, 1.807) is 39.0 Å². The predicted molar refractivity (Wildman–Crippen MR) is 168 cm³/mol. The molecule has 0 bridgehead atoms. The molecule has 1 aliphatic carbocycles. The highest BCUT2D eigenvalue weighted by molar-refractivity contribution is 6.38. The Bertz CT molecular complexity index is 1420. The summed E-state index contributed by atoms with van der Waals surface area (Å²) < 4.78 is 0. The fourth-order valence-corrected chi connectivity index (χ4v) is 5.88. The third-order valence-electron chi connectivity index (χ3n) is 8.31. The van der Waals surface area contributed by atoms with Gasteiger partial charge >= 0.3 is 5.97 Å². The third kappa shape index (κ3) is 8.62. The summed E-state index contributed by atoms with van der Waals surface area (Å²) in [6.07, 6.45) is 1.88. The maximum absolute atomic E-state index is 14.3. The zero-order chi connectivity index (χ0) is 33.8. The van der Waals surface area contributed by atoms with E-state index in [4.69, 9.17) is 21.5 Å². The van der Waals surface area contributed by atoms with Gasteiger partial charge in [0.2, 0.25) is 23.5 Å². The molecule has 1 saturated heterocycles. The number of carboxylic acid groups (broad SMARTS) is 1. The topological polar surface area (TPSA) is 184 Å². The largest absolute Gasteiger partial charge is 0.481 e. The summed E-state index contributed by atoms with van der Waals surface area (Å²) in [6, 6.07) is 3.69. The lowest BCUT2D eigenvalue weighted by Gasteiger charge is -2.35. The van der Waals surface area contributed by atoms with Crippen LogP contribution in [0.4, 0.5) is 0 Å². The van der Waals surface area contributed by atoms with E-state index in [1.165, 1.54) is 4.90 Å². The molecule has 4 atom stereocenters. The number of hydrogen-bond donors (Lipinski definition) is 4. The molecule has 4 amide bonds. The molecule has 0 unspecified atom stereocenters. The van der Waals surface area contributed by atoms with Gasteiger partial charge in [0.25, 0.3) is 5.91 Å². The van der Waals surface area contributed by atoms with Gasteiger partial charge in [-0.05, 0) is 36.8 Å². The number of carbonyl (C=O) groups excluding carboxylic acids is 5. The van der Waals surface area contributed by atoms with Crippen molar-refractivity contribution in [3.63, 3.8) is 0 Å². The zero-order valence-corrected chi connectivity index (χ0v) is 27.3. The summed E-state index contributed by atoms with van der Waals surface area (Å²) in [7, 11) is 0. The maximum Gasteiger partial charge on any atom is 0.303 e. The summed E-state index contributed by atoms with van der Waals surface area (Å²) in [6.45, 7) is 7.01. The van der Waals surface area contributed by atoms with Crippen LogP contribution in [0, 0.1) is 5.41 Å². The smallest absolute Gasteiger partial charge is 0.303 e. The molecule has 2 heterocycles. The lowest BCUT2D eigenvalue weighted by molar-refractivity contribution is -0.145. The Kier molecular flexibility index (Phi) is 10.8. The number of halogens is 1. The number of carboxylic acids is 1. The van der Waals surface area contributed by atoms with Gasteiger partial charge in [0, 0.05) is 35.9 Å². The second-order valence-corrected chi connectivity index (χ2v) is 13.8. The van der Waals surface area contributed by atoms with E-state index >= 15 is 0 Å². The molecule has 1 aromatic rings. The fraction of sp³-hybridized carbons (Fsp3) is 0.594. The number of nitrogens with one attached hydrogen (secondary N) is 3. The number of aliphatic carboxylic acids is 1. The standard InChI is InChI=1S/C32H42ClN5O8/c1-5-7-21(26(42)29(44)34-20-10-11-20)35-28(43)23-16-32(15-22(37-46-32)18-8-6-9-19(33)14-18)17-38(23)30(45)27(31(2,3)4)36-24(39)12-13-25(40)41/h6,8-9,14,20-21,23,27H,5,7,10-13,15-17H2,1-4H3,(H,34,44)(H,35,43)(H,36,39)(H,40,41)/t21-,23-,27+,32+/m0/s1. The number of benzene rings is 1. The summed E-state index contributed by atoms with van der Waals surface area (Å²) in [5, 5.41) is 21.9. The highest BCUT2D eigenvalue weighted by atomic mass is 35.5. The number of hydrogen-bond acceptors (Lipinski definition) is 8. The summed E-state index contributed by atoms with van der Waals surface area (Å²) in [5.74, 6) is -4.49. The van der Waals surface area contributed by atoms with E-state index in [0.29, 0.717) is 17.2 Å². The highest BCUT2D eigenvalue weighted by Gasteiger charge is 2.55.